The van der Waals surface area contributed by atoms with E-state index in [9.17, 15) is 31.2 Å². The average Bonchev–Trinajstić information content (AvgIpc) is 2.55. The maximum absolute atomic E-state index is 12.4. The number of rotatable bonds is 8. The Bertz CT molecular complexity index is 789. The summed E-state index contributed by atoms with van der Waals surface area (Å²) >= 11 is 0. The number of benzene rings is 1. The van der Waals surface area contributed by atoms with Crippen LogP contribution in [0.25, 0.3) is 6.08 Å². The van der Waals surface area contributed by atoms with Crippen molar-refractivity contribution in [2.24, 2.45) is 0 Å². The zero-order valence-corrected chi connectivity index (χ0v) is 15.4. The number of carbonyl (C=O) groups is 2. The van der Waals surface area contributed by atoms with Crippen LogP contribution in [0, 0.1) is 0 Å². The molecule has 150 valence electrons. The first-order valence-corrected chi connectivity index (χ1v) is 9.47. The molecule has 0 aliphatic carbocycles. The zero-order valence-electron chi connectivity index (χ0n) is 14.6. The summed E-state index contributed by atoms with van der Waals surface area (Å²) in [5.74, 6) is -1.63. The Labute approximate surface area is 154 Å². The van der Waals surface area contributed by atoms with Crippen LogP contribution in [-0.4, -0.2) is 57.8 Å². The Morgan fingerprint density at radius 2 is 1.81 bits per heavy atom. The van der Waals surface area contributed by atoms with Gasteiger partial charge >= 0.3 is 12.1 Å². The van der Waals surface area contributed by atoms with E-state index in [0.29, 0.717) is 11.3 Å². The Morgan fingerprint density at radius 3 is 2.30 bits per heavy atom. The first kappa shape index (κ1) is 22.5. The van der Waals surface area contributed by atoms with Gasteiger partial charge in [-0.1, -0.05) is 12.1 Å². The second-order valence-electron chi connectivity index (χ2n) is 5.53. The number of methoxy groups -OCH3 is 1. The normalized spacial score (nSPS) is 12.0. The minimum absolute atomic E-state index is 0.318. The van der Waals surface area contributed by atoms with Gasteiger partial charge in [-0.25, -0.2) is 8.42 Å². The number of halogens is 3. The number of esters is 1. The second kappa shape index (κ2) is 9.40. The van der Waals surface area contributed by atoms with Crippen LogP contribution < -0.4 is 4.72 Å². The molecule has 7 nitrogen and oxygen atoms in total. The molecule has 0 aliphatic heterocycles. The standard InChI is InChI=1S/C16H19F3N2O5S/c1-26-15(23)11-21(10-9-16(17,18)19)14(22)8-5-12-3-6-13(7-4-12)20-27(2,24)25/h3-8,20H,9-11H2,1-2H3. The zero-order chi connectivity index (χ0) is 20.7. The first-order chi connectivity index (χ1) is 12.4. The number of carbonyl (C=O) groups excluding carboxylic acids is 2. The van der Waals surface area contributed by atoms with E-state index in [1.54, 1.807) is 0 Å². The molecule has 0 bridgehead atoms. The number of nitrogens with one attached hydrogen (secondary N) is 1. The van der Waals surface area contributed by atoms with Gasteiger partial charge in [0.2, 0.25) is 15.9 Å². The molecule has 1 aromatic rings. The van der Waals surface area contributed by atoms with Gasteiger partial charge in [0.1, 0.15) is 6.54 Å². The molecule has 0 unspecified atom stereocenters. The van der Waals surface area contributed by atoms with Crippen molar-refractivity contribution in [3.63, 3.8) is 0 Å². The van der Waals surface area contributed by atoms with Gasteiger partial charge in [-0.15, -0.1) is 0 Å². The van der Waals surface area contributed by atoms with Gasteiger partial charge in [0.05, 0.1) is 19.8 Å². The molecule has 0 radical (unpaired) electrons. The van der Waals surface area contributed by atoms with Crippen LogP contribution in [0.2, 0.25) is 0 Å². The van der Waals surface area contributed by atoms with E-state index in [2.05, 4.69) is 9.46 Å². The second-order valence-corrected chi connectivity index (χ2v) is 7.28. The molecule has 0 saturated heterocycles. The van der Waals surface area contributed by atoms with E-state index in [0.717, 1.165) is 24.3 Å². The molecule has 1 rings (SSSR count). The quantitative estimate of drug-likeness (QED) is 0.525. The van der Waals surface area contributed by atoms with Crippen molar-refractivity contribution >= 4 is 33.7 Å². The third-order valence-electron chi connectivity index (χ3n) is 3.16. The van der Waals surface area contributed by atoms with Gasteiger partial charge in [0, 0.05) is 18.3 Å². The smallest absolute Gasteiger partial charge is 0.390 e. The van der Waals surface area contributed by atoms with Crippen molar-refractivity contribution in [1.29, 1.82) is 0 Å². The highest BCUT2D eigenvalue weighted by molar-refractivity contribution is 7.92. The molecule has 0 atom stereocenters. The third-order valence-corrected chi connectivity index (χ3v) is 3.76. The maximum atomic E-state index is 12.4. The lowest BCUT2D eigenvalue weighted by molar-refractivity contribution is -0.152. The Hall–Kier alpha value is -2.56. The molecule has 1 N–H and O–H groups in total. The molecule has 0 fully saturated rings. The molecule has 0 spiro atoms. The lowest BCUT2D eigenvalue weighted by atomic mass is 10.2. The van der Waals surface area contributed by atoms with Gasteiger partial charge in [0.15, 0.2) is 0 Å². The van der Waals surface area contributed by atoms with Crippen molar-refractivity contribution in [3.05, 3.63) is 35.9 Å². The highest BCUT2D eigenvalue weighted by atomic mass is 32.2. The molecule has 0 aromatic heterocycles. The molecule has 1 amide bonds. The van der Waals surface area contributed by atoms with E-state index in [1.165, 1.54) is 30.3 Å². The first-order valence-electron chi connectivity index (χ1n) is 7.58. The minimum Gasteiger partial charge on any atom is -0.468 e. The topological polar surface area (TPSA) is 92.8 Å². The monoisotopic (exact) mass is 408 g/mol. The van der Waals surface area contributed by atoms with E-state index in [4.69, 9.17) is 0 Å². The number of nitrogens with zero attached hydrogens (tertiary/aromatic N) is 1. The van der Waals surface area contributed by atoms with Crippen molar-refractivity contribution in [3.8, 4) is 0 Å². The SMILES string of the molecule is COC(=O)CN(CCC(F)(F)F)C(=O)C=Cc1ccc(NS(C)(=O)=O)cc1. The van der Waals surface area contributed by atoms with Crippen LogP contribution in [-0.2, 0) is 24.3 Å². The summed E-state index contributed by atoms with van der Waals surface area (Å²) in [5.41, 5.74) is 0.828. The Balaban J connectivity index is 2.81. The molecule has 1 aromatic carbocycles. The third kappa shape index (κ3) is 9.64. The molecular formula is C16H19F3N2O5S. The molecule has 27 heavy (non-hydrogen) atoms. The lowest BCUT2D eigenvalue weighted by Crippen LogP contribution is -2.37. The van der Waals surface area contributed by atoms with Gasteiger partial charge < -0.3 is 9.64 Å². The number of anilines is 1. The Morgan fingerprint density at radius 1 is 1.22 bits per heavy atom. The van der Waals surface area contributed by atoms with Crippen LogP contribution >= 0.6 is 0 Å². The van der Waals surface area contributed by atoms with Crippen LogP contribution in [0.15, 0.2) is 30.3 Å². The van der Waals surface area contributed by atoms with Crippen LogP contribution in [0.3, 0.4) is 0 Å². The minimum atomic E-state index is -4.47. The predicted molar refractivity (Wildman–Crippen MR) is 93.2 cm³/mol. The van der Waals surface area contributed by atoms with Gasteiger partial charge in [-0.05, 0) is 23.8 Å². The summed E-state index contributed by atoms with van der Waals surface area (Å²) in [7, 11) is -2.36. The van der Waals surface area contributed by atoms with Crippen molar-refractivity contribution in [2.75, 3.05) is 31.2 Å². The highest BCUT2D eigenvalue weighted by Gasteiger charge is 2.29. The van der Waals surface area contributed by atoms with Crippen LogP contribution in [0.1, 0.15) is 12.0 Å². The largest absolute Gasteiger partial charge is 0.468 e. The maximum Gasteiger partial charge on any atom is 0.390 e. The lowest BCUT2D eigenvalue weighted by Gasteiger charge is -2.20. The van der Waals surface area contributed by atoms with Gasteiger partial charge in [0.25, 0.3) is 0 Å². The summed E-state index contributed by atoms with van der Waals surface area (Å²) in [6.07, 6.45) is -2.37. The summed E-state index contributed by atoms with van der Waals surface area (Å²) in [6, 6.07) is 5.94. The van der Waals surface area contributed by atoms with Crippen molar-refractivity contribution < 1.29 is 35.9 Å². The average molecular weight is 408 g/mol. The molecule has 0 aliphatic rings. The summed E-state index contributed by atoms with van der Waals surface area (Å²) < 4.78 is 66.1. The van der Waals surface area contributed by atoms with Crippen LogP contribution in [0.4, 0.5) is 18.9 Å². The summed E-state index contributed by atoms with van der Waals surface area (Å²) in [5, 5.41) is 0. The van der Waals surface area contributed by atoms with E-state index < -0.39 is 47.6 Å². The number of sulfonamides is 1. The van der Waals surface area contributed by atoms with E-state index in [-0.39, 0.29) is 0 Å². The summed E-state index contributed by atoms with van der Waals surface area (Å²) in [4.78, 5) is 24.1. The van der Waals surface area contributed by atoms with E-state index in [1.807, 2.05) is 0 Å². The number of hydrogen-bond acceptors (Lipinski definition) is 5. The van der Waals surface area contributed by atoms with Gasteiger partial charge in [-0.2, -0.15) is 13.2 Å². The van der Waals surface area contributed by atoms with E-state index >= 15 is 0 Å². The predicted octanol–water partition coefficient (Wildman–Crippen LogP) is 2.03. The van der Waals surface area contributed by atoms with Crippen molar-refractivity contribution in [1.82, 2.24) is 4.90 Å². The Kier molecular flexibility index (Phi) is 7.82. The fraction of sp³-hybridized carbons (Fsp3) is 0.375. The van der Waals surface area contributed by atoms with Crippen molar-refractivity contribution in [2.45, 2.75) is 12.6 Å². The number of alkyl halides is 3. The molecule has 0 heterocycles. The summed E-state index contributed by atoms with van der Waals surface area (Å²) in [6.45, 7) is -1.29. The number of amides is 1. The highest BCUT2D eigenvalue weighted by Crippen LogP contribution is 2.20. The number of ether oxygens (including phenoxy) is 1. The molecule has 11 heteroatoms. The fourth-order valence-electron chi connectivity index (χ4n) is 1.90. The molecule has 0 saturated carbocycles. The number of hydrogen-bond donors (Lipinski definition) is 1. The van der Waals surface area contributed by atoms with Crippen LogP contribution in [0.5, 0.6) is 0 Å². The van der Waals surface area contributed by atoms with Gasteiger partial charge in [-0.3, -0.25) is 14.3 Å². The molecular weight excluding hydrogens is 389 g/mol. The fourth-order valence-corrected chi connectivity index (χ4v) is 2.46.